The van der Waals surface area contributed by atoms with Crippen molar-refractivity contribution >= 4 is 5.91 Å². The van der Waals surface area contributed by atoms with Crippen LogP contribution in [0.2, 0.25) is 0 Å². The molecule has 4 nitrogen and oxygen atoms in total. The molecule has 0 radical (unpaired) electrons. The second kappa shape index (κ2) is 8.96. The Hall–Kier alpha value is -2.45. The van der Waals surface area contributed by atoms with Crippen LogP contribution in [-0.2, 0) is 11.0 Å². The summed E-state index contributed by atoms with van der Waals surface area (Å²) in [6.07, 6.45) is -0.446. The zero-order valence-corrected chi connectivity index (χ0v) is 19.0. The van der Waals surface area contributed by atoms with Gasteiger partial charge in [0.1, 0.15) is 5.82 Å². The van der Waals surface area contributed by atoms with Gasteiger partial charge in [-0.1, -0.05) is 24.3 Å². The molecule has 1 amide bonds. The van der Waals surface area contributed by atoms with Crippen LogP contribution in [0.3, 0.4) is 0 Å². The molecule has 2 aliphatic rings. The lowest BCUT2D eigenvalue weighted by Gasteiger charge is -2.43. The molecular formula is C26H29F4NO3. The molecule has 0 heterocycles. The third-order valence-electron chi connectivity index (χ3n) is 7.49. The summed E-state index contributed by atoms with van der Waals surface area (Å²) in [5.41, 5.74) is -2.63. The predicted octanol–water partition coefficient (Wildman–Crippen LogP) is 5.07. The molecule has 2 aromatic carbocycles. The molecule has 0 bridgehead atoms. The van der Waals surface area contributed by atoms with Gasteiger partial charge in [0.15, 0.2) is 5.60 Å². The quantitative estimate of drug-likeness (QED) is 0.569. The highest BCUT2D eigenvalue weighted by Crippen LogP contribution is 2.43. The largest absolute Gasteiger partial charge is 0.421 e. The van der Waals surface area contributed by atoms with E-state index in [1.165, 1.54) is 24.3 Å². The number of benzene rings is 2. The van der Waals surface area contributed by atoms with Crippen molar-refractivity contribution in [2.24, 2.45) is 0 Å². The molecule has 0 aliphatic heterocycles. The van der Waals surface area contributed by atoms with Gasteiger partial charge < -0.3 is 15.1 Å². The number of rotatable bonds is 6. The van der Waals surface area contributed by atoms with Gasteiger partial charge in [0.2, 0.25) is 0 Å². The number of carbonyl (C=O) groups excluding carboxylic acids is 1. The maximum atomic E-state index is 13.4. The minimum absolute atomic E-state index is 0.0434. The summed E-state index contributed by atoms with van der Waals surface area (Å²) in [4.78, 5) is 15.2. The molecule has 0 aromatic heterocycles. The maximum Gasteiger partial charge on any atom is 0.421 e. The number of amides is 1. The van der Waals surface area contributed by atoms with Crippen molar-refractivity contribution < 1.29 is 32.6 Å². The van der Waals surface area contributed by atoms with Gasteiger partial charge in [-0.15, -0.1) is 0 Å². The van der Waals surface area contributed by atoms with Gasteiger partial charge in [0, 0.05) is 23.1 Å². The number of nitrogens with zero attached hydrogens (tertiary/aromatic N) is 1. The number of alkyl halides is 3. The molecule has 2 aliphatic carbocycles. The van der Waals surface area contributed by atoms with Gasteiger partial charge in [0.05, 0.1) is 6.61 Å². The van der Waals surface area contributed by atoms with E-state index in [9.17, 15) is 32.6 Å². The van der Waals surface area contributed by atoms with E-state index in [0.717, 1.165) is 30.5 Å². The standard InChI is InChI=1S/C26H29F4NO3/c1-24(34,26(28,29)30)18-4-2-17(3-5-18)23(33)31(21-10-11-21)22-12-14-25(16-32,15-13-22)19-6-8-20(27)9-7-19/h2-9,21-22,32,34H,10-16H2,1H3/t22-,24-,25-/m0/s1. The number of aliphatic hydroxyl groups excluding tert-OH is 1. The summed E-state index contributed by atoms with van der Waals surface area (Å²) in [6.45, 7) is 0.625. The van der Waals surface area contributed by atoms with Crippen molar-refractivity contribution in [2.45, 2.75) is 74.7 Å². The van der Waals surface area contributed by atoms with Crippen LogP contribution in [0.25, 0.3) is 0 Å². The number of hydrogen-bond donors (Lipinski definition) is 2. The molecule has 34 heavy (non-hydrogen) atoms. The van der Waals surface area contributed by atoms with Crippen molar-refractivity contribution in [3.05, 3.63) is 71.0 Å². The Balaban J connectivity index is 1.50. The average Bonchev–Trinajstić information content (AvgIpc) is 3.65. The van der Waals surface area contributed by atoms with E-state index in [2.05, 4.69) is 0 Å². The van der Waals surface area contributed by atoms with E-state index in [1.807, 2.05) is 4.90 Å². The molecule has 8 heteroatoms. The first-order valence-electron chi connectivity index (χ1n) is 11.6. The summed E-state index contributed by atoms with van der Waals surface area (Å²) in [5.74, 6) is -0.567. The van der Waals surface area contributed by atoms with E-state index in [0.29, 0.717) is 32.6 Å². The first kappa shape index (κ1) is 24.7. The fraction of sp³-hybridized carbons (Fsp3) is 0.500. The van der Waals surface area contributed by atoms with Gasteiger partial charge in [-0.05, 0) is 80.8 Å². The third-order valence-corrected chi connectivity index (χ3v) is 7.49. The number of hydrogen-bond acceptors (Lipinski definition) is 3. The smallest absolute Gasteiger partial charge is 0.395 e. The van der Waals surface area contributed by atoms with Crippen LogP contribution >= 0.6 is 0 Å². The SMILES string of the molecule is C[C@](O)(c1ccc(C(=O)N(C2CC2)[C@H]2CC[C@](CO)(c3ccc(F)cc3)CC2)cc1)C(F)(F)F. The van der Waals surface area contributed by atoms with Crippen molar-refractivity contribution in [3.63, 3.8) is 0 Å². The molecule has 0 unspecified atom stereocenters. The Labute approximate surface area is 196 Å². The number of carbonyl (C=O) groups is 1. The molecule has 2 saturated carbocycles. The van der Waals surface area contributed by atoms with Crippen molar-refractivity contribution in [2.75, 3.05) is 6.61 Å². The van der Waals surface area contributed by atoms with E-state index < -0.39 is 17.2 Å². The van der Waals surface area contributed by atoms with Crippen LogP contribution < -0.4 is 0 Å². The minimum atomic E-state index is -4.83. The van der Waals surface area contributed by atoms with Crippen LogP contribution in [0, 0.1) is 5.82 Å². The Bertz CT molecular complexity index is 1010. The summed E-state index contributed by atoms with van der Waals surface area (Å²) in [7, 11) is 0. The highest BCUT2D eigenvalue weighted by molar-refractivity contribution is 5.95. The van der Waals surface area contributed by atoms with Crippen molar-refractivity contribution in [3.8, 4) is 0 Å². The third kappa shape index (κ3) is 4.58. The molecule has 2 fully saturated rings. The average molecular weight is 480 g/mol. The first-order chi connectivity index (χ1) is 16.0. The van der Waals surface area contributed by atoms with Crippen LogP contribution in [0.5, 0.6) is 0 Å². The van der Waals surface area contributed by atoms with Gasteiger partial charge in [-0.25, -0.2) is 4.39 Å². The molecule has 0 saturated heterocycles. The van der Waals surface area contributed by atoms with Crippen molar-refractivity contribution in [1.82, 2.24) is 4.90 Å². The normalized spacial score (nSPS) is 25.0. The van der Waals surface area contributed by atoms with Gasteiger partial charge >= 0.3 is 6.18 Å². The molecule has 1 atom stereocenters. The van der Waals surface area contributed by atoms with Crippen LogP contribution in [0.1, 0.15) is 66.9 Å². The summed E-state index contributed by atoms with van der Waals surface area (Å²) in [6, 6.07) is 11.2. The number of halogens is 4. The predicted molar refractivity (Wildman–Crippen MR) is 119 cm³/mol. The molecule has 2 N–H and O–H groups in total. The zero-order chi connectivity index (χ0) is 24.7. The van der Waals surface area contributed by atoms with E-state index >= 15 is 0 Å². The Morgan fingerprint density at radius 2 is 1.50 bits per heavy atom. The Morgan fingerprint density at radius 1 is 0.971 bits per heavy atom. The fourth-order valence-electron chi connectivity index (χ4n) is 5.01. The monoisotopic (exact) mass is 479 g/mol. The van der Waals surface area contributed by atoms with Gasteiger partial charge in [0.25, 0.3) is 5.91 Å². The van der Waals surface area contributed by atoms with E-state index in [1.54, 1.807) is 12.1 Å². The van der Waals surface area contributed by atoms with Crippen molar-refractivity contribution in [1.29, 1.82) is 0 Å². The minimum Gasteiger partial charge on any atom is -0.395 e. The van der Waals surface area contributed by atoms with Crippen LogP contribution in [-0.4, -0.2) is 45.9 Å². The zero-order valence-electron chi connectivity index (χ0n) is 19.0. The summed E-state index contributed by atoms with van der Waals surface area (Å²) >= 11 is 0. The summed E-state index contributed by atoms with van der Waals surface area (Å²) in [5, 5.41) is 20.1. The summed E-state index contributed by atoms with van der Waals surface area (Å²) < 4.78 is 52.8. The highest BCUT2D eigenvalue weighted by atomic mass is 19.4. The second-order valence-electron chi connectivity index (χ2n) is 9.77. The fourth-order valence-corrected chi connectivity index (χ4v) is 5.01. The van der Waals surface area contributed by atoms with Gasteiger partial charge in [-0.3, -0.25) is 4.79 Å². The molecular weight excluding hydrogens is 450 g/mol. The van der Waals surface area contributed by atoms with E-state index in [-0.39, 0.29) is 41.5 Å². The molecule has 0 spiro atoms. The maximum absolute atomic E-state index is 13.4. The Kier molecular flexibility index (Phi) is 6.50. The lowest BCUT2D eigenvalue weighted by molar-refractivity contribution is -0.258. The number of aliphatic hydroxyl groups is 2. The van der Waals surface area contributed by atoms with E-state index in [4.69, 9.17) is 0 Å². The first-order valence-corrected chi connectivity index (χ1v) is 11.6. The van der Waals surface area contributed by atoms with Gasteiger partial charge in [-0.2, -0.15) is 13.2 Å². The van der Waals surface area contributed by atoms with Crippen LogP contribution in [0.15, 0.2) is 48.5 Å². The highest BCUT2D eigenvalue weighted by Gasteiger charge is 2.51. The topological polar surface area (TPSA) is 60.8 Å². The molecule has 4 rings (SSSR count). The molecule has 2 aromatic rings. The lowest BCUT2D eigenvalue weighted by Crippen LogP contribution is -2.47. The second-order valence-corrected chi connectivity index (χ2v) is 9.77. The molecule has 184 valence electrons. The van der Waals surface area contributed by atoms with Crippen LogP contribution in [0.4, 0.5) is 17.6 Å². The Morgan fingerprint density at radius 3 is 1.97 bits per heavy atom. The lowest BCUT2D eigenvalue weighted by atomic mass is 9.68.